The molecule has 0 aliphatic carbocycles. The molecule has 10 heteroatoms. The fourth-order valence-electron chi connectivity index (χ4n) is 6.34. The summed E-state index contributed by atoms with van der Waals surface area (Å²) in [5.74, 6) is -0.820. The van der Waals surface area contributed by atoms with Crippen LogP contribution < -0.4 is 5.73 Å². The van der Waals surface area contributed by atoms with Gasteiger partial charge in [0.05, 0.1) is 13.2 Å². The highest BCUT2D eigenvalue weighted by molar-refractivity contribution is 7.47. The van der Waals surface area contributed by atoms with Gasteiger partial charge in [-0.2, -0.15) is 0 Å². The molecule has 2 atom stereocenters. The van der Waals surface area contributed by atoms with Crippen molar-refractivity contribution >= 4 is 19.8 Å². The van der Waals surface area contributed by atoms with E-state index in [-0.39, 0.29) is 38.6 Å². The summed E-state index contributed by atoms with van der Waals surface area (Å²) >= 11 is 0. The quantitative estimate of drug-likeness (QED) is 0.0269. The van der Waals surface area contributed by atoms with E-state index in [4.69, 9.17) is 24.3 Å². The first-order valence-electron chi connectivity index (χ1n) is 22.2. The summed E-state index contributed by atoms with van der Waals surface area (Å²) < 4.78 is 32.8. The highest BCUT2D eigenvalue weighted by Gasteiger charge is 2.26. The topological polar surface area (TPSA) is 134 Å². The second-order valence-electron chi connectivity index (χ2n) is 14.9. The predicted octanol–water partition coefficient (Wildman–Crippen LogP) is 12.6. The number of carbonyl (C=O) groups is 2. The van der Waals surface area contributed by atoms with Crippen LogP contribution in [0.5, 0.6) is 0 Å². The van der Waals surface area contributed by atoms with Gasteiger partial charge in [-0.1, -0.05) is 180 Å². The maximum absolute atomic E-state index is 12.6. The monoisotopic (exact) mass is 774 g/mol. The Morgan fingerprint density at radius 1 is 0.547 bits per heavy atom. The summed E-state index contributed by atoms with van der Waals surface area (Å²) in [4.78, 5) is 34.8. The number of phosphoric ester groups is 1. The molecule has 0 spiro atoms. The molecule has 0 aromatic carbocycles. The molecular weight excluding hydrogens is 689 g/mol. The third-order valence-electron chi connectivity index (χ3n) is 9.65. The molecule has 314 valence electrons. The highest BCUT2D eigenvalue weighted by Crippen LogP contribution is 2.43. The number of esters is 2. The number of unbranched alkanes of at least 4 members (excludes halogenated alkanes) is 27. The molecular formula is C43H84NO8P. The van der Waals surface area contributed by atoms with Gasteiger partial charge in [0.15, 0.2) is 6.10 Å². The third-order valence-corrected chi connectivity index (χ3v) is 10.6. The van der Waals surface area contributed by atoms with Crippen molar-refractivity contribution in [1.29, 1.82) is 0 Å². The molecule has 3 N–H and O–H groups in total. The van der Waals surface area contributed by atoms with Crippen molar-refractivity contribution in [2.24, 2.45) is 5.73 Å². The van der Waals surface area contributed by atoms with Crippen LogP contribution in [0.2, 0.25) is 0 Å². The zero-order valence-electron chi connectivity index (χ0n) is 34.5. The number of phosphoric acid groups is 1. The molecule has 0 heterocycles. The molecule has 0 aromatic rings. The summed E-state index contributed by atoms with van der Waals surface area (Å²) in [6, 6.07) is 0. The van der Waals surface area contributed by atoms with Crippen LogP contribution in [0.25, 0.3) is 0 Å². The van der Waals surface area contributed by atoms with Crippen LogP contribution in [0.1, 0.15) is 219 Å². The van der Waals surface area contributed by atoms with Gasteiger partial charge in [-0.3, -0.25) is 18.6 Å². The van der Waals surface area contributed by atoms with E-state index in [9.17, 15) is 19.0 Å². The van der Waals surface area contributed by atoms with Gasteiger partial charge >= 0.3 is 19.8 Å². The Morgan fingerprint density at radius 3 is 1.34 bits per heavy atom. The van der Waals surface area contributed by atoms with E-state index < -0.39 is 26.5 Å². The Morgan fingerprint density at radius 2 is 0.925 bits per heavy atom. The van der Waals surface area contributed by atoms with E-state index in [1.165, 1.54) is 148 Å². The number of allylic oxidation sites excluding steroid dienone is 2. The van der Waals surface area contributed by atoms with Crippen LogP contribution in [0.15, 0.2) is 12.2 Å². The van der Waals surface area contributed by atoms with Crippen molar-refractivity contribution in [2.45, 2.75) is 225 Å². The fourth-order valence-corrected chi connectivity index (χ4v) is 7.10. The lowest BCUT2D eigenvalue weighted by atomic mass is 10.0. The van der Waals surface area contributed by atoms with Crippen molar-refractivity contribution in [3.05, 3.63) is 12.2 Å². The van der Waals surface area contributed by atoms with Crippen LogP contribution >= 0.6 is 7.82 Å². The number of hydrogen-bond donors (Lipinski definition) is 2. The molecule has 0 saturated heterocycles. The van der Waals surface area contributed by atoms with Gasteiger partial charge in [0.25, 0.3) is 0 Å². The molecule has 0 aromatic heterocycles. The second kappa shape index (κ2) is 40.4. The molecule has 0 fully saturated rings. The zero-order chi connectivity index (χ0) is 38.9. The molecule has 0 radical (unpaired) electrons. The van der Waals surface area contributed by atoms with Crippen molar-refractivity contribution in [3.8, 4) is 0 Å². The molecule has 0 aliphatic rings. The van der Waals surface area contributed by atoms with Crippen molar-refractivity contribution < 1.29 is 37.6 Å². The summed E-state index contributed by atoms with van der Waals surface area (Å²) in [7, 11) is -4.37. The van der Waals surface area contributed by atoms with Gasteiger partial charge in [0, 0.05) is 19.4 Å². The first-order chi connectivity index (χ1) is 25.8. The van der Waals surface area contributed by atoms with Crippen LogP contribution in [0.3, 0.4) is 0 Å². The lowest BCUT2D eigenvalue weighted by molar-refractivity contribution is -0.161. The molecule has 2 unspecified atom stereocenters. The lowest BCUT2D eigenvalue weighted by Gasteiger charge is -2.19. The lowest BCUT2D eigenvalue weighted by Crippen LogP contribution is -2.29. The predicted molar refractivity (Wildman–Crippen MR) is 220 cm³/mol. The maximum atomic E-state index is 12.6. The number of ether oxygens (including phenoxy) is 2. The largest absolute Gasteiger partial charge is 0.472 e. The number of rotatable bonds is 42. The number of nitrogens with two attached hydrogens (primary N) is 1. The van der Waals surface area contributed by atoms with Crippen LogP contribution in [-0.4, -0.2) is 49.3 Å². The molecule has 0 bridgehead atoms. The van der Waals surface area contributed by atoms with E-state index in [2.05, 4.69) is 26.0 Å². The number of carbonyl (C=O) groups excluding carboxylic acids is 2. The average Bonchev–Trinajstić information content (AvgIpc) is 3.14. The number of hydrogen-bond acceptors (Lipinski definition) is 8. The summed E-state index contributed by atoms with van der Waals surface area (Å²) in [6.07, 6.45) is 40.9. The van der Waals surface area contributed by atoms with E-state index in [1.54, 1.807) is 0 Å². The standard InChI is InChI=1S/C43H84NO8P/c1-3-5-7-9-11-13-15-17-18-19-20-21-22-24-26-28-30-32-34-36-43(46)52-41(40-51-53(47,48)50-38-37-44)39-49-42(45)35-33-31-29-27-25-23-16-14-12-10-8-6-4-2/h17-18,41H,3-16,19-40,44H2,1-2H3,(H,47,48)/b18-17-. The smallest absolute Gasteiger partial charge is 0.462 e. The van der Waals surface area contributed by atoms with E-state index >= 15 is 0 Å². The van der Waals surface area contributed by atoms with Crippen molar-refractivity contribution in [3.63, 3.8) is 0 Å². The Bertz CT molecular complexity index is 886. The minimum Gasteiger partial charge on any atom is -0.462 e. The van der Waals surface area contributed by atoms with Gasteiger partial charge in [-0.25, -0.2) is 4.57 Å². The Kier molecular flexibility index (Phi) is 39.5. The van der Waals surface area contributed by atoms with Gasteiger partial charge in [0.2, 0.25) is 0 Å². The Balaban J connectivity index is 4.10. The molecule has 0 amide bonds. The summed E-state index contributed by atoms with van der Waals surface area (Å²) in [5, 5.41) is 0. The summed E-state index contributed by atoms with van der Waals surface area (Å²) in [6.45, 7) is 3.75. The first-order valence-corrected chi connectivity index (χ1v) is 23.7. The highest BCUT2D eigenvalue weighted by atomic mass is 31.2. The van der Waals surface area contributed by atoms with Crippen molar-refractivity contribution in [2.75, 3.05) is 26.4 Å². The van der Waals surface area contributed by atoms with Crippen molar-refractivity contribution in [1.82, 2.24) is 0 Å². The van der Waals surface area contributed by atoms with Crippen LogP contribution in [0.4, 0.5) is 0 Å². The SMILES string of the molecule is CCCCCCCC/C=C\CCCCCCCCCCCC(=O)OC(COC(=O)CCCCCCCCCCCCCCC)COP(=O)(O)OCCN. The third kappa shape index (κ3) is 40.2. The van der Waals surface area contributed by atoms with Gasteiger partial charge in [-0.15, -0.1) is 0 Å². The Hall–Kier alpha value is -1.25. The Labute approximate surface area is 326 Å². The normalized spacial score (nSPS) is 13.4. The fraction of sp³-hybridized carbons (Fsp3) is 0.907. The minimum atomic E-state index is -4.37. The van der Waals surface area contributed by atoms with Gasteiger partial charge in [-0.05, 0) is 38.5 Å². The first kappa shape index (κ1) is 51.8. The molecule has 0 saturated carbocycles. The molecule has 53 heavy (non-hydrogen) atoms. The minimum absolute atomic E-state index is 0.0559. The van der Waals surface area contributed by atoms with Gasteiger partial charge < -0.3 is 20.1 Å². The zero-order valence-corrected chi connectivity index (χ0v) is 35.4. The van der Waals surface area contributed by atoms with Crippen LogP contribution in [-0.2, 0) is 32.7 Å². The van der Waals surface area contributed by atoms with E-state index in [1.807, 2.05) is 0 Å². The molecule has 0 rings (SSSR count). The average molecular weight is 774 g/mol. The summed E-state index contributed by atoms with van der Waals surface area (Å²) in [5.41, 5.74) is 5.35. The molecule has 9 nitrogen and oxygen atoms in total. The maximum Gasteiger partial charge on any atom is 0.472 e. The second-order valence-corrected chi connectivity index (χ2v) is 16.4. The molecule has 0 aliphatic heterocycles. The van der Waals surface area contributed by atoms with Gasteiger partial charge in [0.1, 0.15) is 6.61 Å². The van der Waals surface area contributed by atoms with E-state index in [0.717, 1.165) is 38.5 Å². The van der Waals surface area contributed by atoms with E-state index in [0.29, 0.717) is 6.42 Å². The van der Waals surface area contributed by atoms with Crippen LogP contribution in [0, 0.1) is 0 Å².